The Kier molecular flexibility index (Phi) is 4.47. The van der Waals surface area contributed by atoms with Crippen molar-refractivity contribution in [2.75, 3.05) is 13.1 Å². The van der Waals surface area contributed by atoms with Gasteiger partial charge in [-0.05, 0) is 48.9 Å². The number of imidazole rings is 1. The number of aromatic nitrogens is 2. The van der Waals surface area contributed by atoms with E-state index in [1.165, 1.54) is 0 Å². The van der Waals surface area contributed by atoms with E-state index in [1.807, 2.05) is 64.9 Å². The van der Waals surface area contributed by atoms with Crippen molar-refractivity contribution in [1.82, 2.24) is 14.3 Å². The number of aliphatic hydroxyl groups is 1. The molecule has 0 unspecified atom stereocenters. The number of fused-ring (bicyclic) bond motifs is 1. The van der Waals surface area contributed by atoms with Gasteiger partial charge in [0.15, 0.2) is 0 Å². The topological polar surface area (TPSA) is 57.8 Å². The first-order valence-electron chi connectivity index (χ1n) is 9.09. The summed E-state index contributed by atoms with van der Waals surface area (Å²) in [6.45, 7) is 3.32. The number of aryl methyl sites for hydroxylation is 1. The predicted octanol–water partition coefficient (Wildman–Crippen LogP) is 3.23. The number of nitrogens with zero attached hydrogens (tertiary/aromatic N) is 3. The Hall–Kier alpha value is -2.66. The van der Waals surface area contributed by atoms with Crippen LogP contribution in [0.2, 0.25) is 0 Å². The molecule has 1 N–H and O–H groups in total. The highest BCUT2D eigenvalue weighted by Crippen LogP contribution is 2.31. The van der Waals surface area contributed by atoms with Crippen LogP contribution in [0.15, 0.2) is 54.9 Å². The fourth-order valence-corrected chi connectivity index (χ4v) is 3.69. The first kappa shape index (κ1) is 16.8. The Bertz CT molecular complexity index is 911. The second-order valence-corrected chi connectivity index (χ2v) is 7.08. The van der Waals surface area contributed by atoms with E-state index in [2.05, 4.69) is 4.98 Å². The summed E-state index contributed by atoms with van der Waals surface area (Å²) in [4.78, 5) is 19.1. The molecule has 1 aromatic carbocycles. The molecule has 2 aromatic heterocycles. The summed E-state index contributed by atoms with van der Waals surface area (Å²) in [5.74, 6) is 0.157. The number of likely N-dealkylation sites (tertiary alicyclic amines) is 1. The van der Waals surface area contributed by atoms with Gasteiger partial charge in [0.2, 0.25) is 0 Å². The van der Waals surface area contributed by atoms with E-state index in [0.29, 0.717) is 18.8 Å². The molecule has 1 amide bonds. The minimum absolute atomic E-state index is 0.0287. The van der Waals surface area contributed by atoms with E-state index < -0.39 is 6.10 Å². The van der Waals surface area contributed by atoms with Crippen LogP contribution >= 0.6 is 0 Å². The molecule has 26 heavy (non-hydrogen) atoms. The lowest BCUT2D eigenvalue weighted by molar-refractivity contribution is 0.0459. The third-order valence-electron chi connectivity index (χ3n) is 5.25. The lowest BCUT2D eigenvalue weighted by Gasteiger charge is -2.34. The number of carbonyl (C=O) groups is 1. The Labute approximate surface area is 152 Å². The number of carbonyl (C=O) groups excluding carboxylic acids is 1. The van der Waals surface area contributed by atoms with E-state index in [9.17, 15) is 9.90 Å². The van der Waals surface area contributed by atoms with Gasteiger partial charge in [-0.3, -0.25) is 4.79 Å². The maximum absolute atomic E-state index is 12.8. The van der Waals surface area contributed by atoms with Crippen molar-refractivity contribution in [3.05, 3.63) is 71.7 Å². The highest BCUT2D eigenvalue weighted by atomic mass is 16.3. The van der Waals surface area contributed by atoms with Crippen LogP contribution in [0.4, 0.5) is 0 Å². The minimum atomic E-state index is -0.466. The zero-order valence-corrected chi connectivity index (χ0v) is 14.9. The number of benzene rings is 1. The monoisotopic (exact) mass is 349 g/mol. The number of rotatable bonds is 3. The van der Waals surface area contributed by atoms with Gasteiger partial charge in [-0.2, -0.15) is 0 Å². The van der Waals surface area contributed by atoms with Crippen molar-refractivity contribution in [3.8, 4) is 0 Å². The van der Waals surface area contributed by atoms with Crippen molar-refractivity contribution < 1.29 is 9.90 Å². The van der Waals surface area contributed by atoms with E-state index in [-0.39, 0.29) is 11.8 Å². The molecular weight excluding hydrogens is 326 g/mol. The van der Waals surface area contributed by atoms with E-state index in [1.54, 1.807) is 6.20 Å². The van der Waals surface area contributed by atoms with Gasteiger partial charge in [-0.25, -0.2) is 4.98 Å². The Morgan fingerprint density at radius 2 is 1.92 bits per heavy atom. The maximum Gasteiger partial charge on any atom is 0.274 e. The van der Waals surface area contributed by atoms with Gasteiger partial charge in [0.1, 0.15) is 11.3 Å². The zero-order valence-electron chi connectivity index (χ0n) is 14.9. The SMILES string of the molecule is Cc1ccn2cc(C(=O)N3CCC([C@H](O)c4ccccc4)CC3)nc2c1. The smallest absolute Gasteiger partial charge is 0.274 e. The fraction of sp³-hybridized carbons (Fsp3) is 0.333. The Morgan fingerprint density at radius 3 is 2.65 bits per heavy atom. The van der Waals surface area contributed by atoms with Gasteiger partial charge in [0, 0.05) is 25.5 Å². The molecule has 3 aromatic rings. The van der Waals surface area contributed by atoms with Gasteiger partial charge in [0.05, 0.1) is 6.10 Å². The predicted molar refractivity (Wildman–Crippen MR) is 100.0 cm³/mol. The van der Waals surface area contributed by atoms with Crippen LogP contribution in [0.25, 0.3) is 5.65 Å². The van der Waals surface area contributed by atoms with Gasteiger partial charge < -0.3 is 14.4 Å². The average Bonchev–Trinajstić information content (AvgIpc) is 3.11. The zero-order chi connectivity index (χ0) is 18.1. The lowest BCUT2D eigenvalue weighted by Crippen LogP contribution is -2.39. The summed E-state index contributed by atoms with van der Waals surface area (Å²) in [5, 5.41) is 10.6. The second-order valence-electron chi connectivity index (χ2n) is 7.08. The van der Waals surface area contributed by atoms with E-state index in [0.717, 1.165) is 29.6 Å². The largest absolute Gasteiger partial charge is 0.388 e. The number of pyridine rings is 1. The Morgan fingerprint density at radius 1 is 1.19 bits per heavy atom. The molecule has 1 fully saturated rings. The fourth-order valence-electron chi connectivity index (χ4n) is 3.69. The highest BCUT2D eigenvalue weighted by Gasteiger charge is 2.29. The maximum atomic E-state index is 12.8. The van der Waals surface area contributed by atoms with Crippen molar-refractivity contribution in [2.45, 2.75) is 25.9 Å². The third-order valence-corrected chi connectivity index (χ3v) is 5.25. The summed E-state index contributed by atoms with van der Waals surface area (Å²) in [5.41, 5.74) is 3.35. The average molecular weight is 349 g/mol. The molecule has 1 saturated heterocycles. The summed E-state index contributed by atoms with van der Waals surface area (Å²) in [6, 6.07) is 13.7. The van der Waals surface area contributed by atoms with Gasteiger partial charge in [0.25, 0.3) is 5.91 Å². The lowest BCUT2D eigenvalue weighted by atomic mass is 9.87. The van der Waals surface area contributed by atoms with Gasteiger partial charge in [-0.15, -0.1) is 0 Å². The number of piperidine rings is 1. The van der Waals surface area contributed by atoms with Gasteiger partial charge >= 0.3 is 0 Å². The quantitative estimate of drug-likeness (QED) is 0.790. The van der Waals surface area contributed by atoms with Crippen LogP contribution < -0.4 is 0 Å². The van der Waals surface area contributed by atoms with Gasteiger partial charge in [-0.1, -0.05) is 30.3 Å². The number of hydrogen-bond donors (Lipinski definition) is 1. The first-order valence-corrected chi connectivity index (χ1v) is 9.09. The van der Waals surface area contributed by atoms with Crippen LogP contribution in [-0.2, 0) is 0 Å². The van der Waals surface area contributed by atoms with Crippen molar-refractivity contribution in [3.63, 3.8) is 0 Å². The molecule has 0 radical (unpaired) electrons. The summed E-state index contributed by atoms with van der Waals surface area (Å²) in [7, 11) is 0. The molecule has 5 heteroatoms. The van der Waals surface area contributed by atoms with Crippen LogP contribution in [0.1, 0.15) is 40.6 Å². The van der Waals surface area contributed by atoms with Crippen molar-refractivity contribution in [1.29, 1.82) is 0 Å². The van der Waals surface area contributed by atoms with Crippen molar-refractivity contribution in [2.24, 2.45) is 5.92 Å². The number of hydrogen-bond acceptors (Lipinski definition) is 3. The van der Waals surface area contributed by atoms with E-state index >= 15 is 0 Å². The molecule has 0 spiro atoms. The third kappa shape index (κ3) is 3.22. The molecule has 1 aliphatic rings. The second kappa shape index (κ2) is 6.92. The minimum Gasteiger partial charge on any atom is -0.388 e. The molecule has 3 heterocycles. The molecular formula is C21H23N3O2. The molecule has 0 saturated carbocycles. The Balaban J connectivity index is 1.43. The molecule has 0 aliphatic carbocycles. The molecule has 134 valence electrons. The molecule has 4 rings (SSSR count). The molecule has 5 nitrogen and oxygen atoms in total. The standard InChI is InChI=1S/C21H23N3O2/c1-15-7-10-24-14-18(22-19(24)13-15)21(26)23-11-8-17(9-12-23)20(25)16-5-3-2-4-6-16/h2-7,10,13-14,17,20,25H,8-9,11-12H2,1H3/t20-/m1/s1. The van der Waals surface area contributed by atoms with E-state index in [4.69, 9.17) is 0 Å². The first-order chi connectivity index (χ1) is 12.6. The molecule has 0 bridgehead atoms. The molecule has 1 atom stereocenters. The summed E-state index contributed by atoms with van der Waals surface area (Å²) in [6.07, 6.45) is 4.85. The number of aliphatic hydroxyl groups excluding tert-OH is 1. The van der Waals surface area contributed by atoms with Crippen molar-refractivity contribution >= 4 is 11.6 Å². The summed E-state index contributed by atoms with van der Waals surface area (Å²) < 4.78 is 1.88. The van der Waals surface area contributed by atoms with Crippen LogP contribution in [0.3, 0.4) is 0 Å². The summed E-state index contributed by atoms with van der Waals surface area (Å²) >= 11 is 0. The highest BCUT2D eigenvalue weighted by molar-refractivity contribution is 5.93. The van der Waals surface area contributed by atoms with Crippen LogP contribution in [0.5, 0.6) is 0 Å². The normalized spacial score (nSPS) is 16.8. The number of amides is 1. The van der Waals surface area contributed by atoms with Crippen LogP contribution in [-0.4, -0.2) is 38.4 Å². The molecule has 1 aliphatic heterocycles. The van der Waals surface area contributed by atoms with Crippen LogP contribution in [0, 0.1) is 12.8 Å².